The molecule has 31 heavy (non-hydrogen) atoms. The van der Waals surface area contributed by atoms with Gasteiger partial charge in [0.1, 0.15) is 0 Å². The molecule has 2 N–H and O–H groups in total. The summed E-state index contributed by atoms with van der Waals surface area (Å²) in [6, 6.07) is 15.7. The molecule has 2 amide bonds. The molecule has 0 radical (unpaired) electrons. The maximum absolute atomic E-state index is 12.7. The van der Waals surface area contributed by atoms with Gasteiger partial charge >= 0.3 is 0 Å². The Morgan fingerprint density at radius 1 is 1.03 bits per heavy atom. The topological polar surface area (TPSA) is 105 Å². The molecule has 9 heteroatoms. The summed E-state index contributed by atoms with van der Waals surface area (Å²) in [4.78, 5) is 33.1. The molecule has 8 nitrogen and oxygen atoms in total. The molecule has 166 valence electrons. The molecule has 0 saturated carbocycles. The number of likely N-dealkylation sites (tertiary alicyclic amines) is 1. The molecule has 0 spiro atoms. The summed E-state index contributed by atoms with van der Waals surface area (Å²) in [5.41, 5.74) is 1.55. The van der Waals surface area contributed by atoms with Crippen LogP contribution in [0.3, 0.4) is 0 Å². The van der Waals surface area contributed by atoms with Gasteiger partial charge in [0, 0.05) is 31.1 Å². The maximum atomic E-state index is 12.7. The minimum atomic E-state index is -3.76. The lowest BCUT2D eigenvalue weighted by molar-refractivity contribution is -0.122. The lowest BCUT2D eigenvalue weighted by atomic mass is 10.0. The monoisotopic (exact) mass is 445 g/mol. The van der Waals surface area contributed by atoms with E-state index in [4.69, 9.17) is 0 Å². The van der Waals surface area contributed by atoms with Gasteiger partial charge in [-0.05, 0) is 49.1 Å². The van der Waals surface area contributed by atoms with E-state index in [0.29, 0.717) is 44.3 Å². The third kappa shape index (κ3) is 6.36. The predicted molar refractivity (Wildman–Crippen MR) is 116 cm³/mol. The number of rotatable bonds is 8. The third-order valence-corrected chi connectivity index (χ3v) is 6.51. The number of carbonyl (C=O) groups excluding carboxylic acids is 2. The number of nitrogens with one attached hydrogen (secondary N) is 2. The number of hydrogen-bond donors (Lipinski definition) is 2. The zero-order chi connectivity index (χ0) is 22.3. The van der Waals surface area contributed by atoms with Crippen LogP contribution < -0.4 is 10.2 Å². The van der Waals surface area contributed by atoms with Crippen LogP contribution in [0.2, 0.25) is 0 Å². The van der Waals surface area contributed by atoms with Gasteiger partial charge in [-0.15, -0.1) is 0 Å². The smallest absolute Gasteiger partial charge is 0.262 e. The van der Waals surface area contributed by atoms with E-state index in [0.717, 1.165) is 5.56 Å². The van der Waals surface area contributed by atoms with E-state index in [9.17, 15) is 18.0 Å². The van der Waals surface area contributed by atoms with Crippen LogP contribution in [0.5, 0.6) is 0 Å². The minimum Gasteiger partial charge on any atom is -0.353 e. The molecule has 1 aliphatic rings. The molecule has 0 aromatic heterocycles. The van der Waals surface area contributed by atoms with Crippen molar-refractivity contribution in [2.24, 2.45) is 0 Å². The Morgan fingerprint density at radius 3 is 2.29 bits per heavy atom. The number of aryl methyl sites for hydroxylation is 1. The van der Waals surface area contributed by atoms with Crippen molar-refractivity contribution in [2.75, 3.05) is 20.2 Å². The number of nitrogens with zero attached hydrogens (tertiary/aromatic N) is 1. The number of carbonyl (C=O) groups is 2. The predicted octanol–water partition coefficient (Wildman–Crippen LogP) is 1.88. The van der Waals surface area contributed by atoms with E-state index in [1.165, 1.54) is 31.4 Å². The lowest BCUT2D eigenvalue weighted by Crippen LogP contribution is -2.46. The van der Waals surface area contributed by atoms with Crippen LogP contribution in [0.15, 0.2) is 59.5 Å². The maximum Gasteiger partial charge on any atom is 0.262 e. The Bertz CT molecular complexity index is 986. The fourth-order valence-electron chi connectivity index (χ4n) is 3.55. The minimum absolute atomic E-state index is 0.0165. The number of piperidine rings is 1. The molecule has 0 aliphatic carbocycles. The van der Waals surface area contributed by atoms with Crippen molar-refractivity contribution < 1.29 is 22.8 Å². The standard InChI is InChI=1S/C22H27N3O5S/c1-30-24-31(28,29)20-10-8-18(9-11-20)22(27)25-15-13-19(14-16-25)23-21(26)12-7-17-5-3-2-4-6-17/h2-6,8-11,19,24H,7,12-16H2,1H3,(H,23,26). The molecule has 2 aromatic carbocycles. The van der Waals surface area contributed by atoms with Gasteiger partial charge in [0.25, 0.3) is 15.9 Å². The first-order valence-corrected chi connectivity index (χ1v) is 11.6. The highest BCUT2D eigenvalue weighted by Crippen LogP contribution is 2.16. The van der Waals surface area contributed by atoms with Crippen LogP contribution >= 0.6 is 0 Å². The van der Waals surface area contributed by atoms with Crippen molar-refractivity contribution in [3.05, 3.63) is 65.7 Å². The largest absolute Gasteiger partial charge is 0.353 e. The molecular formula is C22H27N3O5S. The van der Waals surface area contributed by atoms with Crippen molar-refractivity contribution in [1.29, 1.82) is 0 Å². The number of amides is 2. The molecule has 2 aromatic rings. The zero-order valence-corrected chi connectivity index (χ0v) is 18.2. The van der Waals surface area contributed by atoms with Crippen LogP contribution in [0.25, 0.3) is 0 Å². The van der Waals surface area contributed by atoms with E-state index in [1.807, 2.05) is 35.2 Å². The van der Waals surface area contributed by atoms with Crippen molar-refractivity contribution in [2.45, 2.75) is 36.6 Å². The van der Waals surface area contributed by atoms with Gasteiger partial charge in [-0.25, -0.2) is 8.42 Å². The first kappa shape index (κ1) is 22.9. The van der Waals surface area contributed by atoms with Gasteiger partial charge in [0.2, 0.25) is 5.91 Å². The van der Waals surface area contributed by atoms with Crippen LogP contribution in [0, 0.1) is 0 Å². The highest BCUT2D eigenvalue weighted by atomic mass is 32.2. The summed E-state index contributed by atoms with van der Waals surface area (Å²) in [5, 5.41) is 3.06. The second kappa shape index (κ2) is 10.5. The third-order valence-electron chi connectivity index (χ3n) is 5.24. The summed E-state index contributed by atoms with van der Waals surface area (Å²) in [6.45, 7) is 1.07. The van der Waals surface area contributed by atoms with Gasteiger partial charge in [-0.2, -0.15) is 0 Å². The van der Waals surface area contributed by atoms with Gasteiger partial charge in [-0.3, -0.25) is 14.4 Å². The van der Waals surface area contributed by atoms with Crippen molar-refractivity contribution in [1.82, 2.24) is 15.1 Å². The fraction of sp³-hybridized carbons (Fsp3) is 0.364. The number of sulfonamides is 1. The van der Waals surface area contributed by atoms with E-state index in [2.05, 4.69) is 10.2 Å². The Balaban J connectivity index is 1.46. The summed E-state index contributed by atoms with van der Waals surface area (Å²) in [7, 11) is -2.54. The molecule has 1 fully saturated rings. The van der Waals surface area contributed by atoms with Gasteiger partial charge in [0.15, 0.2) is 0 Å². The van der Waals surface area contributed by atoms with Crippen LogP contribution in [0.4, 0.5) is 0 Å². The van der Waals surface area contributed by atoms with E-state index in [1.54, 1.807) is 4.90 Å². The normalized spacial score (nSPS) is 14.9. The first-order chi connectivity index (χ1) is 14.9. The molecule has 1 saturated heterocycles. The van der Waals surface area contributed by atoms with Gasteiger partial charge < -0.3 is 10.2 Å². The van der Waals surface area contributed by atoms with Crippen molar-refractivity contribution >= 4 is 21.8 Å². The molecule has 3 rings (SSSR count). The molecule has 1 heterocycles. The Hall–Kier alpha value is -2.75. The molecule has 1 aliphatic heterocycles. The van der Waals surface area contributed by atoms with Crippen LogP contribution in [-0.4, -0.2) is 51.4 Å². The average Bonchev–Trinajstić information content (AvgIpc) is 2.78. The zero-order valence-electron chi connectivity index (χ0n) is 17.4. The van der Waals surface area contributed by atoms with Crippen LogP contribution in [-0.2, 0) is 26.1 Å². The van der Waals surface area contributed by atoms with E-state index >= 15 is 0 Å². The Morgan fingerprint density at radius 2 is 1.68 bits per heavy atom. The summed E-state index contributed by atoms with van der Waals surface area (Å²) >= 11 is 0. The number of benzene rings is 2. The highest BCUT2D eigenvalue weighted by molar-refractivity contribution is 7.89. The van der Waals surface area contributed by atoms with Gasteiger partial charge in [-0.1, -0.05) is 35.2 Å². The van der Waals surface area contributed by atoms with Crippen molar-refractivity contribution in [3.63, 3.8) is 0 Å². The SMILES string of the molecule is CONS(=O)(=O)c1ccc(C(=O)N2CCC(NC(=O)CCc3ccccc3)CC2)cc1. The molecular weight excluding hydrogens is 418 g/mol. The second-order valence-electron chi connectivity index (χ2n) is 7.43. The molecule has 0 bridgehead atoms. The first-order valence-electron chi connectivity index (χ1n) is 10.2. The van der Waals surface area contributed by atoms with Crippen LogP contribution in [0.1, 0.15) is 35.2 Å². The molecule has 0 unspecified atom stereocenters. The summed E-state index contributed by atoms with van der Waals surface area (Å²) in [6.07, 6.45) is 2.52. The van der Waals surface area contributed by atoms with E-state index < -0.39 is 10.0 Å². The summed E-state index contributed by atoms with van der Waals surface area (Å²) < 4.78 is 23.8. The summed E-state index contributed by atoms with van der Waals surface area (Å²) in [5.74, 6) is -0.132. The Labute approximate surface area is 182 Å². The van der Waals surface area contributed by atoms with Gasteiger partial charge in [0.05, 0.1) is 12.0 Å². The Kier molecular flexibility index (Phi) is 7.78. The quantitative estimate of drug-likeness (QED) is 0.604. The average molecular weight is 446 g/mol. The number of hydrogen-bond acceptors (Lipinski definition) is 5. The lowest BCUT2D eigenvalue weighted by Gasteiger charge is -2.32. The molecule has 0 atom stereocenters. The van der Waals surface area contributed by atoms with E-state index in [-0.39, 0.29) is 22.8 Å². The fourth-order valence-corrected chi connectivity index (χ4v) is 4.36. The highest BCUT2D eigenvalue weighted by Gasteiger charge is 2.25. The second-order valence-corrected chi connectivity index (χ2v) is 9.08. The van der Waals surface area contributed by atoms with Crippen molar-refractivity contribution in [3.8, 4) is 0 Å².